The van der Waals surface area contributed by atoms with Crippen molar-refractivity contribution in [1.29, 1.82) is 0 Å². The highest BCUT2D eigenvalue weighted by atomic mass is 16.5. The average molecular weight is 342 g/mol. The van der Waals surface area contributed by atoms with Crippen molar-refractivity contribution >= 4 is 5.91 Å². The lowest BCUT2D eigenvalue weighted by Gasteiger charge is -2.34. The van der Waals surface area contributed by atoms with Crippen molar-refractivity contribution in [2.45, 2.75) is 24.8 Å². The monoisotopic (exact) mass is 342 g/mol. The molecule has 7 heteroatoms. The standard InChI is InChI=1S/C18H22N4O3/c1-25-14-5-3-13(4-6-14)22-11-15(23)16(20-22)17(24)19-18-7-2-9-21(12-18)10-8-18/h3-6,11,23H,2,7-10,12H2,1H3,(H,19,24). The van der Waals surface area contributed by atoms with Crippen molar-refractivity contribution in [2.75, 3.05) is 26.7 Å². The number of carbonyl (C=O) groups is 1. The molecule has 7 nitrogen and oxygen atoms in total. The van der Waals surface area contributed by atoms with E-state index < -0.39 is 0 Å². The molecule has 0 radical (unpaired) electrons. The van der Waals surface area contributed by atoms with Crippen molar-refractivity contribution in [3.05, 3.63) is 36.2 Å². The van der Waals surface area contributed by atoms with E-state index in [1.54, 1.807) is 7.11 Å². The molecular weight excluding hydrogens is 320 g/mol. The summed E-state index contributed by atoms with van der Waals surface area (Å²) in [6.07, 6.45) is 4.48. The Morgan fingerprint density at radius 2 is 2.08 bits per heavy atom. The van der Waals surface area contributed by atoms with E-state index >= 15 is 0 Å². The van der Waals surface area contributed by atoms with Crippen LogP contribution in [0.4, 0.5) is 0 Å². The molecule has 2 saturated heterocycles. The molecule has 0 aliphatic carbocycles. The molecule has 1 aromatic heterocycles. The number of hydrogen-bond donors (Lipinski definition) is 2. The molecule has 2 bridgehead atoms. The van der Waals surface area contributed by atoms with Gasteiger partial charge in [-0.05, 0) is 50.1 Å². The third-order valence-corrected chi connectivity index (χ3v) is 5.19. The summed E-state index contributed by atoms with van der Waals surface area (Å²) in [5.41, 5.74) is 0.637. The molecular formula is C18H22N4O3. The highest BCUT2D eigenvalue weighted by molar-refractivity contribution is 5.95. The molecule has 1 amide bonds. The highest BCUT2D eigenvalue weighted by Crippen LogP contribution is 2.32. The number of benzene rings is 1. The lowest BCUT2D eigenvalue weighted by Crippen LogP contribution is -2.52. The van der Waals surface area contributed by atoms with Gasteiger partial charge < -0.3 is 20.1 Å². The Morgan fingerprint density at radius 3 is 2.84 bits per heavy atom. The molecule has 132 valence electrons. The van der Waals surface area contributed by atoms with Crippen LogP contribution in [0.25, 0.3) is 5.69 Å². The lowest BCUT2D eigenvalue weighted by atomic mass is 9.90. The Morgan fingerprint density at radius 1 is 1.28 bits per heavy atom. The smallest absolute Gasteiger partial charge is 0.276 e. The summed E-state index contributed by atoms with van der Waals surface area (Å²) in [4.78, 5) is 15.1. The molecule has 2 unspecified atom stereocenters. The molecule has 2 atom stereocenters. The summed E-state index contributed by atoms with van der Waals surface area (Å²) < 4.78 is 6.64. The number of carbonyl (C=O) groups excluding carboxylic acids is 1. The third kappa shape index (κ3) is 2.95. The summed E-state index contributed by atoms with van der Waals surface area (Å²) in [6.45, 7) is 3.01. The molecule has 2 aliphatic heterocycles. The van der Waals surface area contributed by atoms with Gasteiger partial charge in [0.15, 0.2) is 11.4 Å². The second-order valence-electron chi connectivity index (χ2n) is 6.87. The van der Waals surface area contributed by atoms with Crippen molar-refractivity contribution in [3.63, 3.8) is 0 Å². The van der Waals surface area contributed by atoms with Gasteiger partial charge in [0.25, 0.3) is 5.91 Å². The van der Waals surface area contributed by atoms with Crippen LogP contribution in [0.15, 0.2) is 30.5 Å². The minimum atomic E-state index is -0.312. The van der Waals surface area contributed by atoms with Gasteiger partial charge in [-0.3, -0.25) is 4.79 Å². The van der Waals surface area contributed by atoms with Crippen LogP contribution in [0.5, 0.6) is 11.5 Å². The van der Waals surface area contributed by atoms with E-state index in [-0.39, 0.29) is 22.9 Å². The molecule has 25 heavy (non-hydrogen) atoms. The first kappa shape index (κ1) is 16.0. The Balaban J connectivity index is 1.54. The number of nitrogens with one attached hydrogen (secondary N) is 1. The SMILES string of the molecule is COc1ccc(-n2cc(O)c(C(=O)NC34CCCN(CC3)C4)n2)cc1. The van der Waals surface area contributed by atoms with Gasteiger partial charge in [0.2, 0.25) is 0 Å². The minimum Gasteiger partial charge on any atom is -0.504 e. The quantitative estimate of drug-likeness (QED) is 0.881. The Hall–Kier alpha value is -2.54. The van der Waals surface area contributed by atoms with Gasteiger partial charge in [0.1, 0.15) is 5.75 Å². The number of fused-ring (bicyclic) bond motifs is 2. The summed E-state index contributed by atoms with van der Waals surface area (Å²) in [6, 6.07) is 7.26. The van der Waals surface area contributed by atoms with Gasteiger partial charge in [0.05, 0.1) is 24.5 Å². The first-order valence-corrected chi connectivity index (χ1v) is 8.56. The summed E-state index contributed by atoms with van der Waals surface area (Å²) in [5.74, 6) is 0.309. The van der Waals surface area contributed by atoms with Gasteiger partial charge in [-0.15, -0.1) is 0 Å². The zero-order chi connectivity index (χ0) is 17.4. The van der Waals surface area contributed by atoms with Gasteiger partial charge in [-0.25, -0.2) is 4.68 Å². The normalized spacial score (nSPS) is 24.9. The van der Waals surface area contributed by atoms with Gasteiger partial charge in [0, 0.05) is 13.1 Å². The predicted octanol–water partition coefficient (Wildman–Crippen LogP) is 1.55. The number of ether oxygens (including phenoxy) is 1. The fraction of sp³-hybridized carbons (Fsp3) is 0.444. The molecule has 0 saturated carbocycles. The molecule has 2 N–H and O–H groups in total. The van der Waals surface area contributed by atoms with Crippen LogP contribution in [0.1, 0.15) is 29.8 Å². The van der Waals surface area contributed by atoms with Crippen LogP contribution in [0.3, 0.4) is 0 Å². The summed E-state index contributed by atoms with van der Waals surface area (Å²) >= 11 is 0. The zero-order valence-electron chi connectivity index (χ0n) is 14.2. The molecule has 1 aromatic carbocycles. The van der Waals surface area contributed by atoms with E-state index in [0.29, 0.717) is 0 Å². The molecule has 2 fully saturated rings. The van der Waals surface area contributed by atoms with Crippen LogP contribution in [0.2, 0.25) is 0 Å². The molecule has 4 rings (SSSR count). The van der Waals surface area contributed by atoms with E-state index in [9.17, 15) is 9.90 Å². The number of aromatic nitrogens is 2. The predicted molar refractivity (Wildman–Crippen MR) is 92.3 cm³/mol. The fourth-order valence-electron chi connectivity index (χ4n) is 3.85. The van der Waals surface area contributed by atoms with E-state index in [0.717, 1.165) is 50.3 Å². The average Bonchev–Trinajstić information content (AvgIpc) is 3.15. The number of rotatable bonds is 4. The topological polar surface area (TPSA) is 79.6 Å². The fourth-order valence-corrected chi connectivity index (χ4v) is 3.85. The lowest BCUT2D eigenvalue weighted by molar-refractivity contribution is 0.0869. The number of amides is 1. The Kier molecular flexibility index (Phi) is 3.88. The largest absolute Gasteiger partial charge is 0.504 e. The van der Waals surface area contributed by atoms with E-state index in [4.69, 9.17) is 4.74 Å². The number of hydrogen-bond acceptors (Lipinski definition) is 5. The zero-order valence-corrected chi connectivity index (χ0v) is 14.2. The van der Waals surface area contributed by atoms with Gasteiger partial charge in [-0.2, -0.15) is 5.10 Å². The van der Waals surface area contributed by atoms with Crippen LogP contribution in [0, 0.1) is 0 Å². The van der Waals surface area contributed by atoms with Crippen LogP contribution >= 0.6 is 0 Å². The molecule has 2 aliphatic rings. The van der Waals surface area contributed by atoms with E-state index in [1.165, 1.54) is 10.9 Å². The van der Waals surface area contributed by atoms with Gasteiger partial charge in [-0.1, -0.05) is 0 Å². The van der Waals surface area contributed by atoms with Crippen LogP contribution < -0.4 is 10.1 Å². The molecule has 2 aromatic rings. The number of aromatic hydroxyl groups is 1. The second-order valence-corrected chi connectivity index (χ2v) is 6.87. The maximum absolute atomic E-state index is 12.7. The Bertz CT molecular complexity index is 782. The van der Waals surface area contributed by atoms with Crippen molar-refractivity contribution in [2.24, 2.45) is 0 Å². The number of methoxy groups -OCH3 is 1. The number of piperidine rings is 1. The first-order chi connectivity index (χ1) is 12.1. The maximum atomic E-state index is 12.7. The van der Waals surface area contributed by atoms with Crippen molar-refractivity contribution in [3.8, 4) is 17.2 Å². The molecule has 3 heterocycles. The summed E-state index contributed by atoms with van der Waals surface area (Å²) in [7, 11) is 1.60. The highest BCUT2D eigenvalue weighted by Gasteiger charge is 2.42. The van der Waals surface area contributed by atoms with Crippen molar-refractivity contribution < 1.29 is 14.6 Å². The van der Waals surface area contributed by atoms with Crippen LogP contribution in [-0.2, 0) is 0 Å². The maximum Gasteiger partial charge on any atom is 0.276 e. The minimum absolute atomic E-state index is 0.0641. The second kappa shape index (κ2) is 6.07. The van der Waals surface area contributed by atoms with Crippen LogP contribution in [-0.4, -0.2) is 58.0 Å². The van der Waals surface area contributed by atoms with E-state index in [2.05, 4.69) is 15.3 Å². The third-order valence-electron chi connectivity index (χ3n) is 5.19. The number of nitrogens with zero attached hydrogens (tertiary/aromatic N) is 3. The first-order valence-electron chi connectivity index (χ1n) is 8.56. The van der Waals surface area contributed by atoms with Gasteiger partial charge >= 0.3 is 0 Å². The Labute approximate surface area is 146 Å². The molecule has 0 spiro atoms. The van der Waals surface area contributed by atoms with Crippen molar-refractivity contribution in [1.82, 2.24) is 20.0 Å². The summed E-state index contributed by atoms with van der Waals surface area (Å²) in [5, 5.41) is 17.6. The van der Waals surface area contributed by atoms with E-state index in [1.807, 2.05) is 24.3 Å².